The van der Waals surface area contributed by atoms with Gasteiger partial charge in [-0.2, -0.15) is 0 Å². The Morgan fingerprint density at radius 3 is 2.62 bits per heavy atom. The van der Waals surface area contributed by atoms with E-state index >= 15 is 0 Å². The molecule has 0 atom stereocenters. The fourth-order valence-electron chi connectivity index (χ4n) is 1.14. The highest BCUT2D eigenvalue weighted by Crippen LogP contribution is 1.81. The van der Waals surface area contributed by atoms with Gasteiger partial charge in [-0.05, 0) is 12.1 Å². The smallest absolute Gasteiger partial charge is 0.177 e. The van der Waals surface area contributed by atoms with Gasteiger partial charge >= 0.3 is 0 Å². The molecule has 0 spiro atoms. The molecule has 1 aromatic carbocycles. The number of Topliss-reactive ketones (excluding diaryl/α,β-unsaturated/α-hetero) is 1. The van der Waals surface area contributed by atoms with Gasteiger partial charge in [0.2, 0.25) is 0 Å². The first-order valence-corrected chi connectivity index (χ1v) is 3.50. The molecule has 2 rings (SSSR count). The predicted octanol–water partition coefficient (Wildman–Crippen LogP) is 0.513. The average Bonchev–Trinajstić information content (AvgIpc) is 2.04. The van der Waals surface area contributed by atoms with Gasteiger partial charge in [-0.1, -0.05) is 18.2 Å². The zero-order chi connectivity index (χ0) is 7.68. The second-order valence-electron chi connectivity index (χ2n) is 2.49. The van der Waals surface area contributed by atoms with Crippen LogP contribution in [0.5, 0.6) is 0 Å². The summed E-state index contributed by atoms with van der Waals surface area (Å²) in [6, 6.07) is 7.64. The van der Waals surface area contributed by atoms with E-state index in [9.17, 15) is 4.79 Å². The van der Waals surface area contributed by atoms with Crippen molar-refractivity contribution in [2.24, 2.45) is 4.99 Å². The average molecular weight is 218 g/mol. The van der Waals surface area contributed by atoms with Crippen molar-refractivity contribution in [2.75, 3.05) is 6.54 Å². The number of nitrogens with zero attached hydrogens (tertiary/aromatic N) is 1. The molecule has 1 aromatic rings. The largest absolute Gasteiger partial charge is 0.293 e. The molecule has 70 valence electrons. The van der Waals surface area contributed by atoms with E-state index in [4.69, 9.17) is 0 Å². The highest BCUT2D eigenvalue weighted by atomic mass is 35.5. The number of hydrogen-bond donors (Lipinski definition) is 0. The molecule has 0 radical (unpaired) electrons. The van der Waals surface area contributed by atoms with Crippen LogP contribution in [-0.2, 0) is 4.79 Å². The Balaban J connectivity index is 0.000000720. The molecule has 1 aliphatic heterocycles. The van der Waals surface area contributed by atoms with E-state index < -0.39 is 0 Å². The molecular weight excluding hydrogens is 209 g/mol. The second kappa shape index (κ2) is 5.00. The van der Waals surface area contributed by atoms with Gasteiger partial charge in [-0.25, -0.2) is 0 Å². The zero-order valence-electron chi connectivity index (χ0n) is 6.77. The van der Waals surface area contributed by atoms with Crippen molar-refractivity contribution in [1.82, 2.24) is 0 Å². The van der Waals surface area contributed by atoms with E-state index in [0.29, 0.717) is 6.54 Å². The van der Waals surface area contributed by atoms with Gasteiger partial charge in [0.05, 0.1) is 5.36 Å². The van der Waals surface area contributed by atoms with Gasteiger partial charge in [-0.15, -0.1) is 24.8 Å². The van der Waals surface area contributed by atoms with Crippen molar-refractivity contribution < 1.29 is 4.79 Å². The standard InChI is InChI=1S/C9H7NO.2ClH/c11-8-5-7-3-1-2-4-9(7)10-6-8;;/h1-5H,6H2;2*1H. The molecule has 0 unspecified atom stereocenters. The lowest BCUT2D eigenvalue weighted by Gasteiger charge is -1.96. The summed E-state index contributed by atoms with van der Waals surface area (Å²) >= 11 is 0. The Kier molecular flexibility index (Phi) is 4.67. The number of halogens is 2. The maximum Gasteiger partial charge on any atom is 0.177 e. The van der Waals surface area contributed by atoms with Crippen molar-refractivity contribution >= 4 is 36.7 Å². The van der Waals surface area contributed by atoms with E-state index in [1.165, 1.54) is 0 Å². The number of rotatable bonds is 0. The molecule has 0 N–H and O–H groups in total. The Morgan fingerprint density at radius 1 is 1.15 bits per heavy atom. The molecule has 0 aliphatic carbocycles. The topological polar surface area (TPSA) is 29.4 Å². The number of para-hydroxylation sites is 1. The molecule has 0 saturated carbocycles. The third kappa shape index (κ3) is 2.54. The maximum atomic E-state index is 10.9. The highest BCUT2D eigenvalue weighted by molar-refractivity contribution is 6.07. The summed E-state index contributed by atoms with van der Waals surface area (Å²) in [5.74, 6) is 0.0868. The molecule has 0 fully saturated rings. The van der Waals surface area contributed by atoms with Crippen LogP contribution in [0.3, 0.4) is 0 Å². The van der Waals surface area contributed by atoms with Crippen molar-refractivity contribution in [3.63, 3.8) is 0 Å². The lowest BCUT2D eigenvalue weighted by atomic mass is 10.2. The number of ketones is 1. The molecule has 0 bridgehead atoms. The minimum Gasteiger partial charge on any atom is -0.293 e. The van der Waals surface area contributed by atoms with Crippen LogP contribution in [0.25, 0.3) is 6.08 Å². The minimum atomic E-state index is 0. The first kappa shape index (κ1) is 12.1. The number of benzene rings is 1. The zero-order valence-corrected chi connectivity index (χ0v) is 8.40. The number of carbonyl (C=O) groups is 1. The third-order valence-electron chi connectivity index (χ3n) is 1.66. The van der Waals surface area contributed by atoms with Crippen LogP contribution in [0.4, 0.5) is 0 Å². The summed E-state index contributed by atoms with van der Waals surface area (Å²) in [5.41, 5.74) is 0. The van der Waals surface area contributed by atoms with Crippen LogP contribution < -0.4 is 10.6 Å². The van der Waals surface area contributed by atoms with E-state index in [1.807, 2.05) is 24.3 Å². The Morgan fingerprint density at radius 2 is 1.85 bits per heavy atom. The first-order valence-electron chi connectivity index (χ1n) is 3.50. The molecule has 1 heterocycles. The summed E-state index contributed by atoms with van der Waals surface area (Å²) in [6.07, 6.45) is 1.64. The SMILES string of the molecule is Cl.Cl.O=C1C=c2ccccc2=NC1. The Labute approximate surface area is 88.2 Å². The van der Waals surface area contributed by atoms with Gasteiger partial charge in [0, 0.05) is 5.22 Å². The molecule has 0 saturated heterocycles. The first-order chi connectivity index (χ1) is 5.36. The van der Waals surface area contributed by atoms with Crippen LogP contribution in [0, 0.1) is 0 Å². The predicted molar refractivity (Wildman–Crippen MR) is 56.1 cm³/mol. The maximum absolute atomic E-state index is 10.9. The van der Waals surface area contributed by atoms with Crippen molar-refractivity contribution in [3.05, 3.63) is 34.8 Å². The second-order valence-corrected chi connectivity index (χ2v) is 2.49. The van der Waals surface area contributed by atoms with Crippen LogP contribution in [-0.4, -0.2) is 12.3 Å². The lowest BCUT2D eigenvalue weighted by molar-refractivity contribution is -0.112. The van der Waals surface area contributed by atoms with E-state index in [0.717, 1.165) is 10.6 Å². The normalized spacial score (nSPS) is 12.5. The Hall–Kier alpha value is -0.860. The van der Waals surface area contributed by atoms with Crippen LogP contribution in [0.1, 0.15) is 0 Å². The summed E-state index contributed by atoms with van der Waals surface area (Å²) in [6.45, 7) is 0.303. The molecule has 4 heteroatoms. The van der Waals surface area contributed by atoms with Crippen LogP contribution in [0.2, 0.25) is 0 Å². The van der Waals surface area contributed by atoms with E-state index in [1.54, 1.807) is 6.08 Å². The molecule has 2 nitrogen and oxygen atoms in total. The van der Waals surface area contributed by atoms with Gasteiger partial charge in [-0.3, -0.25) is 9.79 Å². The summed E-state index contributed by atoms with van der Waals surface area (Å²) in [5, 5.41) is 1.86. The molecule has 13 heavy (non-hydrogen) atoms. The monoisotopic (exact) mass is 217 g/mol. The lowest BCUT2D eigenvalue weighted by Crippen LogP contribution is -2.30. The van der Waals surface area contributed by atoms with Gasteiger partial charge in [0.25, 0.3) is 0 Å². The molecule has 0 aromatic heterocycles. The quantitative estimate of drug-likeness (QED) is 0.624. The van der Waals surface area contributed by atoms with Gasteiger partial charge in [0.15, 0.2) is 5.78 Å². The fraction of sp³-hybridized carbons (Fsp3) is 0.111. The van der Waals surface area contributed by atoms with Gasteiger partial charge < -0.3 is 0 Å². The summed E-state index contributed by atoms with van der Waals surface area (Å²) in [4.78, 5) is 15.0. The number of hydrogen-bond acceptors (Lipinski definition) is 2. The van der Waals surface area contributed by atoms with Gasteiger partial charge in [0.1, 0.15) is 6.54 Å². The van der Waals surface area contributed by atoms with Crippen LogP contribution in [0.15, 0.2) is 29.3 Å². The summed E-state index contributed by atoms with van der Waals surface area (Å²) < 4.78 is 0. The Bertz CT molecular complexity index is 414. The van der Waals surface area contributed by atoms with Crippen molar-refractivity contribution in [2.45, 2.75) is 0 Å². The van der Waals surface area contributed by atoms with Crippen molar-refractivity contribution in [3.8, 4) is 0 Å². The van der Waals surface area contributed by atoms with E-state index in [-0.39, 0.29) is 30.6 Å². The fourth-order valence-corrected chi connectivity index (χ4v) is 1.14. The summed E-state index contributed by atoms with van der Waals surface area (Å²) in [7, 11) is 0. The molecular formula is C9H9Cl2NO. The number of fused-ring (bicyclic) bond motifs is 1. The molecule has 1 aliphatic rings. The number of carbonyl (C=O) groups excluding carboxylic acids is 1. The van der Waals surface area contributed by atoms with Crippen molar-refractivity contribution in [1.29, 1.82) is 0 Å². The third-order valence-corrected chi connectivity index (χ3v) is 1.66. The molecule has 0 amide bonds. The minimum absolute atomic E-state index is 0. The highest BCUT2D eigenvalue weighted by Gasteiger charge is 1.99. The van der Waals surface area contributed by atoms with E-state index in [2.05, 4.69) is 4.99 Å². The van der Waals surface area contributed by atoms with Crippen LogP contribution >= 0.6 is 24.8 Å².